The van der Waals surface area contributed by atoms with Crippen molar-refractivity contribution in [2.45, 2.75) is 26.8 Å². The van der Waals surface area contributed by atoms with Gasteiger partial charge in [0.15, 0.2) is 0 Å². The highest BCUT2D eigenvalue weighted by Gasteiger charge is 2.20. The summed E-state index contributed by atoms with van der Waals surface area (Å²) in [5.41, 5.74) is 6.20. The summed E-state index contributed by atoms with van der Waals surface area (Å²) in [5.74, 6) is 2.08. The number of ether oxygens (including phenoxy) is 1. The van der Waals surface area contributed by atoms with Crippen LogP contribution in [0.25, 0.3) is 5.69 Å². The van der Waals surface area contributed by atoms with Crippen molar-refractivity contribution in [2.75, 3.05) is 31.3 Å². The molecule has 0 unspecified atom stereocenters. The molecule has 3 heterocycles. The highest BCUT2D eigenvalue weighted by molar-refractivity contribution is 5.63. The number of rotatable bonds is 5. The second-order valence-electron chi connectivity index (χ2n) is 6.83. The van der Waals surface area contributed by atoms with Crippen molar-refractivity contribution >= 4 is 17.5 Å². The Bertz CT molecular complexity index is 1010. The molecule has 0 saturated carbocycles. The number of benzene rings is 1. The Morgan fingerprint density at radius 3 is 2.79 bits per heavy atom. The summed E-state index contributed by atoms with van der Waals surface area (Å²) in [5, 5.41) is 14.6. The molecule has 0 atom stereocenters. The Morgan fingerprint density at radius 1 is 1.18 bits per heavy atom. The molecule has 146 valence electrons. The van der Waals surface area contributed by atoms with Crippen LogP contribution in [0.1, 0.15) is 22.6 Å². The van der Waals surface area contributed by atoms with E-state index in [1.54, 1.807) is 7.11 Å². The van der Waals surface area contributed by atoms with E-state index < -0.39 is 0 Å². The summed E-state index contributed by atoms with van der Waals surface area (Å²) in [6.45, 7) is 5.85. The fourth-order valence-electron chi connectivity index (χ4n) is 3.49. The molecule has 28 heavy (non-hydrogen) atoms. The van der Waals surface area contributed by atoms with E-state index in [4.69, 9.17) is 9.84 Å². The Balaban J connectivity index is 1.73. The summed E-state index contributed by atoms with van der Waals surface area (Å²) in [4.78, 5) is 8.94. The van der Waals surface area contributed by atoms with Gasteiger partial charge in [-0.1, -0.05) is 0 Å². The van der Waals surface area contributed by atoms with Crippen LogP contribution >= 0.6 is 0 Å². The van der Waals surface area contributed by atoms with E-state index in [9.17, 15) is 0 Å². The van der Waals surface area contributed by atoms with Crippen LogP contribution in [0.15, 0.2) is 24.3 Å². The van der Waals surface area contributed by atoms with E-state index in [1.807, 2.05) is 42.9 Å². The van der Waals surface area contributed by atoms with Crippen LogP contribution in [0.4, 0.5) is 17.5 Å². The molecule has 1 aromatic carbocycles. The van der Waals surface area contributed by atoms with E-state index in [1.165, 1.54) is 5.56 Å². The lowest BCUT2D eigenvalue weighted by molar-refractivity contribution is 0.411. The van der Waals surface area contributed by atoms with Gasteiger partial charge in [0.1, 0.15) is 17.3 Å². The maximum Gasteiger partial charge on any atom is 0.229 e. The first kappa shape index (κ1) is 18.2. The molecule has 0 spiro atoms. The van der Waals surface area contributed by atoms with Gasteiger partial charge in [0, 0.05) is 55.3 Å². The number of aromatic nitrogens is 4. The molecule has 0 saturated heterocycles. The molecule has 3 aromatic rings. The summed E-state index contributed by atoms with van der Waals surface area (Å²) in [6, 6.07) is 7.80. The average Bonchev–Trinajstić information content (AvgIpc) is 3.04. The van der Waals surface area contributed by atoms with E-state index in [0.717, 1.165) is 59.5 Å². The van der Waals surface area contributed by atoms with Crippen LogP contribution in [-0.2, 0) is 13.0 Å². The maximum atomic E-state index is 5.60. The third-order valence-electron chi connectivity index (χ3n) is 4.94. The third-order valence-corrected chi connectivity index (χ3v) is 4.94. The molecule has 1 aliphatic heterocycles. The van der Waals surface area contributed by atoms with Crippen molar-refractivity contribution in [3.05, 3.63) is 46.9 Å². The summed E-state index contributed by atoms with van der Waals surface area (Å²) in [6.07, 6.45) is 0.938. The zero-order valence-electron chi connectivity index (χ0n) is 16.6. The minimum Gasteiger partial charge on any atom is -0.494 e. The van der Waals surface area contributed by atoms with Gasteiger partial charge in [-0.2, -0.15) is 10.1 Å². The van der Waals surface area contributed by atoms with Crippen molar-refractivity contribution in [3.8, 4) is 11.4 Å². The average molecular weight is 379 g/mol. The zero-order chi connectivity index (χ0) is 19.7. The molecule has 2 aromatic heterocycles. The van der Waals surface area contributed by atoms with E-state index >= 15 is 0 Å². The van der Waals surface area contributed by atoms with Gasteiger partial charge in [-0.05, 0) is 32.0 Å². The smallest absolute Gasteiger partial charge is 0.229 e. The lowest BCUT2D eigenvalue weighted by Gasteiger charge is -2.14. The molecule has 1 aliphatic rings. The molecule has 3 N–H and O–H groups in total. The van der Waals surface area contributed by atoms with Crippen LogP contribution in [-0.4, -0.2) is 40.5 Å². The summed E-state index contributed by atoms with van der Waals surface area (Å²) >= 11 is 0. The number of nitrogens with one attached hydrogen (secondary N) is 3. The molecule has 8 heteroatoms. The van der Waals surface area contributed by atoms with Crippen molar-refractivity contribution in [2.24, 2.45) is 0 Å². The molecule has 0 radical (unpaired) electrons. The van der Waals surface area contributed by atoms with Crippen molar-refractivity contribution in [1.29, 1.82) is 0 Å². The van der Waals surface area contributed by atoms with Gasteiger partial charge in [0.25, 0.3) is 0 Å². The van der Waals surface area contributed by atoms with Gasteiger partial charge in [-0.3, -0.25) is 0 Å². The molecule has 8 nitrogen and oxygen atoms in total. The monoisotopic (exact) mass is 379 g/mol. The van der Waals surface area contributed by atoms with E-state index in [-0.39, 0.29) is 0 Å². The van der Waals surface area contributed by atoms with Gasteiger partial charge < -0.3 is 20.7 Å². The normalized spacial score (nSPS) is 13.1. The van der Waals surface area contributed by atoms with Crippen LogP contribution in [0, 0.1) is 13.8 Å². The minimum absolute atomic E-state index is 0.543. The first-order chi connectivity index (χ1) is 13.6. The number of fused-ring (bicyclic) bond motifs is 1. The molecule has 0 amide bonds. The van der Waals surface area contributed by atoms with Gasteiger partial charge in [0.05, 0.1) is 12.8 Å². The fourth-order valence-corrected chi connectivity index (χ4v) is 3.49. The highest BCUT2D eigenvalue weighted by Crippen LogP contribution is 2.30. The standard InChI is InChI=1S/C20H25N7O/c1-12-9-19(21-3)25-20(23-12)24-14-5-6-18(28-4)17(10-14)27-13(2)15-11-22-8-7-16(15)26-27/h5-6,9-10,22H,7-8,11H2,1-4H3,(H2,21,23,24,25). The highest BCUT2D eigenvalue weighted by atomic mass is 16.5. The number of anilines is 3. The van der Waals surface area contributed by atoms with Crippen molar-refractivity contribution in [3.63, 3.8) is 0 Å². The molecular formula is C20H25N7O. The number of hydrogen-bond donors (Lipinski definition) is 3. The predicted octanol–water partition coefficient (Wildman–Crippen LogP) is 2.72. The largest absolute Gasteiger partial charge is 0.494 e. The molecule has 0 bridgehead atoms. The summed E-state index contributed by atoms with van der Waals surface area (Å²) in [7, 11) is 3.52. The Hall–Kier alpha value is -3.13. The van der Waals surface area contributed by atoms with Crippen LogP contribution in [0.3, 0.4) is 0 Å². The predicted molar refractivity (Wildman–Crippen MR) is 110 cm³/mol. The Kier molecular flexibility index (Phi) is 4.87. The Morgan fingerprint density at radius 2 is 2.04 bits per heavy atom. The van der Waals surface area contributed by atoms with Gasteiger partial charge in [0.2, 0.25) is 5.95 Å². The lowest BCUT2D eigenvalue weighted by Crippen LogP contribution is -2.23. The first-order valence-corrected chi connectivity index (χ1v) is 9.36. The minimum atomic E-state index is 0.543. The second kappa shape index (κ2) is 7.47. The van der Waals surface area contributed by atoms with Gasteiger partial charge >= 0.3 is 0 Å². The summed E-state index contributed by atoms with van der Waals surface area (Å²) < 4.78 is 7.57. The fraction of sp³-hybridized carbons (Fsp3) is 0.350. The lowest BCUT2D eigenvalue weighted by atomic mass is 10.1. The number of nitrogens with zero attached hydrogens (tertiary/aromatic N) is 4. The topological polar surface area (TPSA) is 88.9 Å². The zero-order valence-corrected chi connectivity index (χ0v) is 16.6. The third kappa shape index (κ3) is 3.38. The molecule has 0 aliphatic carbocycles. The van der Waals surface area contributed by atoms with Gasteiger partial charge in [-0.15, -0.1) is 0 Å². The molecule has 4 rings (SSSR count). The van der Waals surface area contributed by atoms with E-state index in [2.05, 4.69) is 32.8 Å². The van der Waals surface area contributed by atoms with Crippen molar-refractivity contribution < 1.29 is 4.74 Å². The van der Waals surface area contributed by atoms with E-state index in [0.29, 0.717) is 5.95 Å². The van der Waals surface area contributed by atoms with Crippen LogP contribution < -0.4 is 20.7 Å². The number of hydrogen-bond acceptors (Lipinski definition) is 7. The maximum absolute atomic E-state index is 5.60. The van der Waals surface area contributed by atoms with Crippen LogP contribution in [0.2, 0.25) is 0 Å². The number of methoxy groups -OCH3 is 1. The Labute approximate surface area is 164 Å². The van der Waals surface area contributed by atoms with Crippen LogP contribution in [0.5, 0.6) is 5.75 Å². The van der Waals surface area contributed by atoms with Crippen molar-refractivity contribution in [1.82, 2.24) is 25.1 Å². The number of aryl methyl sites for hydroxylation is 1. The molecular weight excluding hydrogens is 354 g/mol. The molecule has 0 fully saturated rings. The quantitative estimate of drug-likeness (QED) is 0.628. The SMILES string of the molecule is CNc1cc(C)nc(Nc2ccc(OC)c(-n3nc4c(c3C)CNCC4)c2)n1. The first-order valence-electron chi connectivity index (χ1n) is 9.36. The van der Waals surface area contributed by atoms with Gasteiger partial charge in [-0.25, -0.2) is 9.67 Å². The second-order valence-corrected chi connectivity index (χ2v) is 6.83.